The van der Waals surface area contributed by atoms with Crippen LogP contribution in [-0.4, -0.2) is 21.2 Å². The molecule has 5 rings (SSSR count). The van der Waals surface area contributed by atoms with Crippen molar-refractivity contribution >= 4 is 11.5 Å². The summed E-state index contributed by atoms with van der Waals surface area (Å²) < 4.78 is 13.0. The van der Waals surface area contributed by atoms with Gasteiger partial charge in [-0.1, -0.05) is 43.3 Å². The first-order chi connectivity index (χ1) is 14.3. The predicted octanol–water partition coefficient (Wildman–Crippen LogP) is 4.42. The molecule has 0 saturated heterocycles. The lowest BCUT2D eigenvalue weighted by Crippen LogP contribution is -2.07. The highest BCUT2D eigenvalue weighted by molar-refractivity contribution is 5.56. The number of nitrogens with zero attached hydrogens (tertiary/aromatic N) is 3. The Morgan fingerprint density at radius 1 is 1.07 bits per heavy atom. The Morgan fingerprint density at radius 3 is 2.83 bits per heavy atom. The van der Waals surface area contributed by atoms with Gasteiger partial charge >= 0.3 is 0 Å². The second-order valence-corrected chi connectivity index (χ2v) is 7.28. The maximum absolute atomic E-state index is 5.52. The van der Waals surface area contributed by atoms with Gasteiger partial charge in [0.25, 0.3) is 0 Å². The van der Waals surface area contributed by atoms with E-state index in [2.05, 4.69) is 58.0 Å². The number of ether oxygens (including phenoxy) is 2. The zero-order chi connectivity index (χ0) is 19.6. The Labute approximate surface area is 169 Å². The molecule has 0 spiro atoms. The molecule has 1 atom stereocenters. The molecule has 0 unspecified atom stereocenters. The molecule has 0 saturated carbocycles. The van der Waals surface area contributed by atoms with Crippen molar-refractivity contribution in [2.75, 3.05) is 12.1 Å². The lowest BCUT2D eigenvalue weighted by atomic mass is 9.97. The molecule has 29 heavy (non-hydrogen) atoms. The van der Waals surface area contributed by atoms with Crippen molar-refractivity contribution in [2.45, 2.75) is 25.8 Å². The molecule has 2 aromatic heterocycles. The summed E-state index contributed by atoms with van der Waals surface area (Å²) in [6, 6.07) is 16.5. The van der Waals surface area contributed by atoms with Crippen molar-refractivity contribution < 1.29 is 9.47 Å². The summed E-state index contributed by atoms with van der Waals surface area (Å²) in [5.74, 6) is 2.86. The molecule has 2 aromatic carbocycles. The van der Waals surface area contributed by atoms with E-state index in [1.165, 1.54) is 11.1 Å². The number of aromatic nitrogens is 3. The molecule has 0 aliphatic carbocycles. The Bertz CT molecular complexity index is 1140. The lowest BCUT2D eigenvalue weighted by Gasteiger charge is -2.14. The van der Waals surface area contributed by atoms with Crippen molar-refractivity contribution in [1.29, 1.82) is 0 Å². The quantitative estimate of drug-likeness (QED) is 0.532. The predicted molar refractivity (Wildman–Crippen MR) is 111 cm³/mol. The molecule has 1 N–H and O–H groups in total. The molecule has 0 bridgehead atoms. The zero-order valence-corrected chi connectivity index (χ0v) is 16.2. The molecular formula is C23H22N4O2. The summed E-state index contributed by atoms with van der Waals surface area (Å²) in [4.78, 5) is 9.10. The third kappa shape index (κ3) is 3.49. The van der Waals surface area contributed by atoms with E-state index in [9.17, 15) is 0 Å². The average Bonchev–Trinajstić information content (AvgIpc) is 3.37. The second-order valence-electron chi connectivity index (χ2n) is 7.28. The van der Waals surface area contributed by atoms with Gasteiger partial charge in [0.05, 0.1) is 11.9 Å². The van der Waals surface area contributed by atoms with E-state index in [0.29, 0.717) is 6.79 Å². The Hall–Kier alpha value is -3.54. The number of hydrogen-bond donors (Lipinski definition) is 1. The standard InChI is InChI=1S/C23H22N4O2/c1-16(11-18-7-8-19-20(12-18)29-15-28-19)22-23(25-13-17-5-3-2-4-6-17)27-10-9-24-14-21(27)26-22/h2-10,12,14,16,25H,11,13,15H2,1H3/t16-/m0/s1. The normalized spacial score (nSPS) is 13.6. The summed E-state index contributed by atoms with van der Waals surface area (Å²) in [6.07, 6.45) is 6.39. The minimum absolute atomic E-state index is 0.216. The Balaban J connectivity index is 1.43. The van der Waals surface area contributed by atoms with Gasteiger partial charge in [-0.3, -0.25) is 9.38 Å². The number of rotatable bonds is 6. The van der Waals surface area contributed by atoms with Crippen LogP contribution in [0.15, 0.2) is 67.1 Å². The highest BCUT2D eigenvalue weighted by Crippen LogP contribution is 2.35. The van der Waals surface area contributed by atoms with Crippen molar-refractivity contribution in [1.82, 2.24) is 14.4 Å². The Morgan fingerprint density at radius 2 is 1.93 bits per heavy atom. The van der Waals surface area contributed by atoms with Gasteiger partial charge in [-0.05, 0) is 29.7 Å². The highest BCUT2D eigenvalue weighted by Gasteiger charge is 2.20. The monoisotopic (exact) mass is 386 g/mol. The number of hydrogen-bond acceptors (Lipinski definition) is 5. The summed E-state index contributed by atoms with van der Waals surface area (Å²) in [7, 11) is 0. The fourth-order valence-corrected chi connectivity index (χ4v) is 3.74. The SMILES string of the molecule is C[C@@H](Cc1ccc2c(c1)OCO2)c1nc2cnccn2c1NCc1ccccc1. The summed E-state index contributed by atoms with van der Waals surface area (Å²) in [5, 5.41) is 3.59. The number of fused-ring (bicyclic) bond motifs is 2. The average molecular weight is 386 g/mol. The Kier molecular flexibility index (Phi) is 4.52. The molecule has 3 heterocycles. The molecule has 0 radical (unpaired) electrons. The summed E-state index contributed by atoms with van der Waals surface area (Å²) >= 11 is 0. The largest absolute Gasteiger partial charge is 0.454 e. The third-order valence-corrected chi connectivity index (χ3v) is 5.21. The van der Waals surface area contributed by atoms with E-state index in [1.807, 2.05) is 18.3 Å². The van der Waals surface area contributed by atoms with E-state index in [0.717, 1.165) is 41.6 Å². The van der Waals surface area contributed by atoms with Crippen LogP contribution in [0, 0.1) is 0 Å². The first-order valence-electron chi connectivity index (χ1n) is 9.76. The smallest absolute Gasteiger partial charge is 0.231 e. The first kappa shape index (κ1) is 17.6. The van der Waals surface area contributed by atoms with Crippen LogP contribution in [0.1, 0.15) is 29.7 Å². The van der Waals surface area contributed by atoms with Crippen LogP contribution in [-0.2, 0) is 13.0 Å². The topological polar surface area (TPSA) is 60.7 Å². The fraction of sp³-hybridized carbons (Fsp3) is 0.217. The van der Waals surface area contributed by atoms with Crippen molar-refractivity contribution in [3.05, 3.63) is 83.9 Å². The van der Waals surface area contributed by atoms with Gasteiger partial charge in [0, 0.05) is 24.9 Å². The molecule has 1 aliphatic rings. The molecule has 6 heteroatoms. The summed E-state index contributed by atoms with van der Waals surface area (Å²) in [5.41, 5.74) is 4.30. The molecule has 0 amide bonds. The van der Waals surface area contributed by atoms with Crippen molar-refractivity contribution in [3.63, 3.8) is 0 Å². The fourth-order valence-electron chi connectivity index (χ4n) is 3.74. The lowest BCUT2D eigenvalue weighted by molar-refractivity contribution is 0.174. The van der Waals surface area contributed by atoms with Gasteiger partial charge in [0.15, 0.2) is 17.1 Å². The van der Waals surface area contributed by atoms with Crippen molar-refractivity contribution in [3.8, 4) is 11.5 Å². The van der Waals surface area contributed by atoms with Crippen LogP contribution in [0.2, 0.25) is 0 Å². The summed E-state index contributed by atoms with van der Waals surface area (Å²) in [6.45, 7) is 3.23. The van der Waals surface area contributed by atoms with Gasteiger partial charge in [0.2, 0.25) is 6.79 Å². The number of imidazole rings is 1. The van der Waals surface area contributed by atoms with E-state index < -0.39 is 0 Å². The first-order valence-corrected chi connectivity index (χ1v) is 9.76. The molecule has 0 fully saturated rings. The van der Waals surface area contributed by atoms with Gasteiger partial charge in [-0.2, -0.15) is 0 Å². The maximum atomic E-state index is 5.52. The minimum atomic E-state index is 0.216. The van der Waals surface area contributed by atoms with E-state index in [1.54, 1.807) is 12.4 Å². The van der Waals surface area contributed by atoms with E-state index in [4.69, 9.17) is 14.5 Å². The molecule has 4 aromatic rings. The number of benzene rings is 2. The van der Waals surface area contributed by atoms with Crippen LogP contribution >= 0.6 is 0 Å². The molecular weight excluding hydrogens is 364 g/mol. The van der Waals surface area contributed by atoms with Gasteiger partial charge in [-0.25, -0.2) is 4.98 Å². The van der Waals surface area contributed by atoms with Crippen LogP contribution in [0.4, 0.5) is 5.82 Å². The zero-order valence-electron chi connectivity index (χ0n) is 16.2. The maximum Gasteiger partial charge on any atom is 0.231 e. The van der Waals surface area contributed by atoms with Crippen LogP contribution in [0.5, 0.6) is 11.5 Å². The van der Waals surface area contributed by atoms with Gasteiger partial charge < -0.3 is 14.8 Å². The van der Waals surface area contributed by atoms with Crippen LogP contribution in [0.25, 0.3) is 5.65 Å². The van der Waals surface area contributed by atoms with Crippen LogP contribution < -0.4 is 14.8 Å². The minimum Gasteiger partial charge on any atom is -0.454 e. The second kappa shape index (κ2) is 7.47. The van der Waals surface area contributed by atoms with E-state index in [-0.39, 0.29) is 5.92 Å². The van der Waals surface area contributed by atoms with Crippen molar-refractivity contribution in [2.24, 2.45) is 0 Å². The molecule has 1 aliphatic heterocycles. The van der Waals surface area contributed by atoms with Gasteiger partial charge in [-0.15, -0.1) is 0 Å². The third-order valence-electron chi connectivity index (χ3n) is 5.21. The highest BCUT2D eigenvalue weighted by atomic mass is 16.7. The van der Waals surface area contributed by atoms with Gasteiger partial charge in [0.1, 0.15) is 5.82 Å². The van der Waals surface area contributed by atoms with E-state index >= 15 is 0 Å². The molecule has 146 valence electrons. The number of nitrogens with one attached hydrogen (secondary N) is 1. The molecule has 6 nitrogen and oxygen atoms in total. The number of anilines is 1. The van der Waals surface area contributed by atoms with Crippen LogP contribution in [0.3, 0.4) is 0 Å².